The molecule has 1 atom stereocenters. The molecule has 4 heteroatoms. The van der Waals surface area contributed by atoms with E-state index in [0.29, 0.717) is 6.04 Å². The van der Waals surface area contributed by atoms with Crippen molar-refractivity contribution in [2.24, 2.45) is 0 Å². The highest BCUT2D eigenvalue weighted by Crippen LogP contribution is 2.31. The number of aromatic nitrogens is 1. The first-order chi connectivity index (χ1) is 7.25. The van der Waals surface area contributed by atoms with Gasteiger partial charge in [0, 0.05) is 27.1 Å². The van der Waals surface area contributed by atoms with E-state index >= 15 is 0 Å². The van der Waals surface area contributed by atoms with Gasteiger partial charge in [0.25, 0.3) is 0 Å². The quantitative estimate of drug-likeness (QED) is 0.765. The van der Waals surface area contributed by atoms with Gasteiger partial charge in [-0.2, -0.15) is 0 Å². The number of nitrogens with one attached hydrogen (secondary N) is 2. The molecule has 2 N–H and O–H groups in total. The summed E-state index contributed by atoms with van der Waals surface area (Å²) in [7, 11) is 0. The van der Waals surface area contributed by atoms with Gasteiger partial charge in [0.15, 0.2) is 0 Å². The fraction of sp³-hybridized carbons (Fsp3) is 0.333. The van der Waals surface area contributed by atoms with Gasteiger partial charge in [-0.25, -0.2) is 0 Å². The summed E-state index contributed by atoms with van der Waals surface area (Å²) in [4.78, 5) is 3.51. The molecular weight excluding hydrogens is 288 g/mol. The van der Waals surface area contributed by atoms with Crippen molar-refractivity contribution in [3.63, 3.8) is 0 Å². The predicted molar refractivity (Wildman–Crippen MR) is 73.4 cm³/mol. The first-order valence-corrected chi connectivity index (χ1v) is 6.08. The van der Waals surface area contributed by atoms with Crippen molar-refractivity contribution >= 4 is 39.2 Å². The van der Waals surface area contributed by atoms with E-state index in [1.807, 2.05) is 0 Å². The molecule has 0 fully saturated rings. The average molecular weight is 302 g/mol. The Morgan fingerprint density at radius 3 is 3.00 bits per heavy atom. The minimum absolute atomic E-state index is 0. The summed E-state index contributed by atoms with van der Waals surface area (Å²) in [6.45, 7) is 3.29. The van der Waals surface area contributed by atoms with Gasteiger partial charge in [-0.05, 0) is 43.7 Å². The Morgan fingerprint density at radius 2 is 2.19 bits per heavy atom. The van der Waals surface area contributed by atoms with E-state index < -0.39 is 0 Å². The maximum absolute atomic E-state index is 3.53. The predicted octanol–water partition coefficient (Wildman–Crippen LogP) is 3.56. The smallest absolute Gasteiger partial charge is 0.0460 e. The number of rotatable bonds is 0. The molecule has 2 nitrogen and oxygen atoms in total. The molecular formula is C12H14BrClN2. The number of hydrogen-bond donors (Lipinski definition) is 2. The number of hydrogen-bond acceptors (Lipinski definition) is 1. The number of H-pyrrole nitrogens is 1. The van der Waals surface area contributed by atoms with Gasteiger partial charge in [-0.15, -0.1) is 12.4 Å². The van der Waals surface area contributed by atoms with Crippen LogP contribution in [0.5, 0.6) is 0 Å². The van der Waals surface area contributed by atoms with Crippen molar-refractivity contribution < 1.29 is 0 Å². The zero-order valence-electron chi connectivity index (χ0n) is 9.01. The van der Waals surface area contributed by atoms with Crippen molar-refractivity contribution in [2.45, 2.75) is 19.4 Å². The fourth-order valence-corrected chi connectivity index (χ4v) is 2.76. The highest BCUT2D eigenvalue weighted by Gasteiger charge is 2.20. The molecule has 3 rings (SSSR count). The van der Waals surface area contributed by atoms with Crippen LogP contribution < -0.4 is 5.32 Å². The largest absolute Gasteiger partial charge is 0.357 e. The van der Waals surface area contributed by atoms with E-state index in [4.69, 9.17) is 0 Å². The molecule has 16 heavy (non-hydrogen) atoms. The zero-order chi connectivity index (χ0) is 10.4. The van der Waals surface area contributed by atoms with Crippen LogP contribution in [0.1, 0.15) is 24.2 Å². The molecule has 0 spiro atoms. The number of halogens is 2. The van der Waals surface area contributed by atoms with Crippen molar-refractivity contribution in [3.05, 3.63) is 33.9 Å². The monoisotopic (exact) mass is 300 g/mol. The molecule has 0 aliphatic carbocycles. The van der Waals surface area contributed by atoms with Crippen molar-refractivity contribution in [3.8, 4) is 0 Å². The van der Waals surface area contributed by atoms with Gasteiger partial charge in [-0.3, -0.25) is 0 Å². The summed E-state index contributed by atoms with van der Waals surface area (Å²) >= 11 is 3.53. The average Bonchev–Trinajstić information content (AvgIpc) is 2.58. The molecule has 0 amide bonds. The summed E-state index contributed by atoms with van der Waals surface area (Å²) in [5.74, 6) is 0. The third-order valence-electron chi connectivity index (χ3n) is 3.16. The summed E-state index contributed by atoms with van der Waals surface area (Å²) in [6.07, 6.45) is 1.12. The first-order valence-electron chi connectivity index (χ1n) is 5.29. The standard InChI is InChI=1S/C12H13BrN2.ClH/c1-7-12-9(4-5-14-7)10-6-8(13)2-3-11(10)15-12;/h2-3,6-7,14-15H,4-5H2,1H3;1H. The van der Waals surface area contributed by atoms with Crippen LogP contribution in [-0.2, 0) is 6.42 Å². The molecule has 1 aromatic heterocycles. The van der Waals surface area contributed by atoms with E-state index in [-0.39, 0.29) is 12.4 Å². The van der Waals surface area contributed by atoms with Crippen molar-refractivity contribution in [2.75, 3.05) is 6.54 Å². The van der Waals surface area contributed by atoms with Crippen LogP contribution in [-0.4, -0.2) is 11.5 Å². The van der Waals surface area contributed by atoms with Gasteiger partial charge in [0.05, 0.1) is 0 Å². The topological polar surface area (TPSA) is 27.8 Å². The Kier molecular flexibility index (Phi) is 3.29. The maximum Gasteiger partial charge on any atom is 0.0460 e. The molecule has 1 aliphatic rings. The van der Waals surface area contributed by atoms with E-state index in [2.05, 4.69) is 51.4 Å². The van der Waals surface area contributed by atoms with Gasteiger partial charge < -0.3 is 10.3 Å². The maximum atomic E-state index is 3.53. The molecule has 1 aliphatic heterocycles. The van der Waals surface area contributed by atoms with Crippen LogP contribution in [0.15, 0.2) is 22.7 Å². The van der Waals surface area contributed by atoms with E-state index in [1.54, 1.807) is 0 Å². The fourth-order valence-electron chi connectivity index (χ4n) is 2.40. The van der Waals surface area contributed by atoms with Crippen LogP contribution in [0.3, 0.4) is 0 Å². The van der Waals surface area contributed by atoms with Crippen LogP contribution in [0.25, 0.3) is 10.9 Å². The highest BCUT2D eigenvalue weighted by atomic mass is 79.9. The highest BCUT2D eigenvalue weighted by molar-refractivity contribution is 9.10. The SMILES string of the molecule is CC1NCCc2c1[nH]c1ccc(Br)cc21.Cl. The Bertz CT molecular complexity index is 521. The molecule has 1 aromatic carbocycles. The summed E-state index contributed by atoms with van der Waals surface area (Å²) < 4.78 is 1.16. The van der Waals surface area contributed by atoms with Crippen LogP contribution >= 0.6 is 28.3 Å². The lowest BCUT2D eigenvalue weighted by atomic mass is 10.0. The van der Waals surface area contributed by atoms with Crippen LogP contribution in [0.4, 0.5) is 0 Å². The Morgan fingerprint density at radius 1 is 1.38 bits per heavy atom. The molecule has 2 aromatic rings. The van der Waals surface area contributed by atoms with Gasteiger partial charge >= 0.3 is 0 Å². The van der Waals surface area contributed by atoms with E-state index in [9.17, 15) is 0 Å². The second-order valence-electron chi connectivity index (χ2n) is 4.13. The lowest BCUT2D eigenvalue weighted by Gasteiger charge is -2.20. The van der Waals surface area contributed by atoms with E-state index in [1.165, 1.54) is 22.2 Å². The second kappa shape index (κ2) is 4.40. The molecule has 0 saturated heterocycles. The number of aromatic amines is 1. The molecule has 1 unspecified atom stereocenters. The third kappa shape index (κ3) is 1.77. The molecule has 0 saturated carbocycles. The molecule has 0 bridgehead atoms. The lowest BCUT2D eigenvalue weighted by molar-refractivity contribution is 0.533. The summed E-state index contributed by atoms with van der Waals surface area (Å²) in [5.41, 5.74) is 4.09. The minimum atomic E-state index is 0. The second-order valence-corrected chi connectivity index (χ2v) is 5.05. The number of benzene rings is 1. The Hall–Kier alpha value is -0.510. The zero-order valence-corrected chi connectivity index (χ0v) is 11.4. The van der Waals surface area contributed by atoms with Crippen LogP contribution in [0.2, 0.25) is 0 Å². The number of fused-ring (bicyclic) bond motifs is 3. The Labute approximate surface area is 109 Å². The first kappa shape index (κ1) is 12.0. The van der Waals surface area contributed by atoms with Gasteiger partial charge in [0.2, 0.25) is 0 Å². The van der Waals surface area contributed by atoms with Crippen molar-refractivity contribution in [1.82, 2.24) is 10.3 Å². The molecule has 0 radical (unpaired) electrons. The van der Waals surface area contributed by atoms with E-state index in [0.717, 1.165) is 17.4 Å². The van der Waals surface area contributed by atoms with Crippen molar-refractivity contribution in [1.29, 1.82) is 0 Å². The minimum Gasteiger partial charge on any atom is -0.357 e. The Balaban J connectivity index is 0.000000963. The van der Waals surface area contributed by atoms with Crippen LogP contribution in [0, 0.1) is 0 Å². The van der Waals surface area contributed by atoms with Gasteiger partial charge in [-0.1, -0.05) is 15.9 Å². The lowest BCUT2D eigenvalue weighted by Crippen LogP contribution is -2.27. The molecule has 2 heterocycles. The van der Waals surface area contributed by atoms with Gasteiger partial charge in [0.1, 0.15) is 0 Å². The summed E-state index contributed by atoms with van der Waals surface area (Å²) in [5, 5.41) is 4.84. The normalized spacial score (nSPS) is 19.2. The summed E-state index contributed by atoms with van der Waals surface area (Å²) in [6, 6.07) is 6.88. The third-order valence-corrected chi connectivity index (χ3v) is 3.65. The molecule has 86 valence electrons.